The van der Waals surface area contributed by atoms with Crippen LogP contribution in [0.3, 0.4) is 0 Å². The molecule has 3 atom stereocenters. The van der Waals surface area contributed by atoms with E-state index in [0.717, 1.165) is 30.5 Å². The number of hydrogen-bond acceptors (Lipinski definition) is 2. The van der Waals surface area contributed by atoms with Crippen LogP contribution >= 0.6 is 0 Å². The van der Waals surface area contributed by atoms with Crippen LogP contribution in [-0.2, 0) is 0 Å². The highest BCUT2D eigenvalue weighted by Gasteiger charge is 2.38. The Hall–Kier alpha value is -0.0800. The van der Waals surface area contributed by atoms with Crippen LogP contribution in [0.15, 0.2) is 0 Å². The summed E-state index contributed by atoms with van der Waals surface area (Å²) < 4.78 is 0. The second-order valence-corrected chi connectivity index (χ2v) is 6.21. The summed E-state index contributed by atoms with van der Waals surface area (Å²) in [5.74, 6) is 1.76. The van der Waals surface area contributed by atoms with Gasteiger partial charge in [-0.05, 0) is 57.5 Å². The van der Waals surface area contributed by atoms with Crippen molar-refractivity contribution in [2.45, 2.75) is 70.4 Å². The van der Waals surface area contributed by atoms with Crippen molar-refractivity contribution in [3.8, 4) is 0 Å². The summed E-state index contributed by atoms with van der Waals surface area (Å²) in [7, 11) is 2.37. The Morgan fingerprint density at radius 3 is 2.47 bits per heavy atom. The molecule has 0 aromatic rings. The molecular formula is C15H30N2. The first kappa shape index (κ1) is 13.4. The Morgan fingerprint density at radius 2 is 1.88 bits per heavy atom. The maximum atomic E-state index is 5.97. The van der Waals surface area contributed by atoms with Crippen LogP contribution in [0.4, 0.5) is 0 Å². The van der Waals surface area contributed by atoms with Gasteiger partial charge in [0.15, 0.2) is 0 Å². The van der Waals surface area contributed by atoms with Gasteiger partial charge in [-0.3, -0.25) is 4.90 Å². The zero-order valence-electron chi connectivity index (χ0n) is 11.7. The highest BCUT2D eigenvalue weighted by Crippen LogP contribution is 2.40. The molecule has 0 aromatic heterocycles. The Bertz CT molecular complexity index is 225. The zero-order chi connectivity index (χ0) is 12.3. The summed E-state index contributed by atoms with van der Waals surface area (Å²) in [4.78, 5) is 2.72. The van der Waals surface area contributed by atoms with E-state index >= 15 is 0 Å². The van der Waals surface area contributed by atoms with Crippen molar-refractivity contribution in [2.75, 3.05) is 13.6 Å². The Kier molecular flexibility index (Phi) is 4.87. The van der Waals surface area contributed by atoms with Crippen molar-refractivity contribution >= 4 is 0 Å². The van der Waals surface area contributed by atoms with Gasteiger partial charge in [0.25, 0.3) is 0 Å². The molecule has 17 heavy (non-hydrogen) atoms. The fourth-order valence-corrected chi connectivity index (χ4v) is 3.79. The van der Waals surface area contributed by atoms with E-state index in [0.29, 0.717) is 0 Å². The molecule has 0 radical (unpaired) electrons. The third-order valence-corrected chi connectivity index (χ3v) is 4.97. The molecule has 2 saturated carbocycles. The molecule has 2 fully saturated rings. The average Bonchev–Trinajstić information content (AvgIpc) is 3.19. The summed E-state index contributed by atoms with van der Waals surface area (Å²) in [6.45, 7) is 3.21. The van der Waals surface area contributed by atoms with Gasteiger partial charge in [-0.25, -0.2) is 0 Å². The first-order valence-electron chi connectivity index (χ1n) is 7.70. The standard InChI is InChI=1S/C15H30N2/c1-3-6-14(12-9-10-12)17(2)15-8-5-4-7-13(15)11-16/h12-15H,3-11,16H2,1-2H3. The van der Waals surface area contributed by atoms with E-state index in [-0.39, 0.29) is 0 Å². The van der Waals surface area contributed by atoms with Crippen molar-refractivity contribution in [1.29, 1.82) is 0 Å². The number of nitrogens with zero attached hydrogens (tertiary/aromatic N) is 1. The topological polar surface area (TPSA) is 29.3 Å². The van der Waals surface area contributed by atoms with E-state index in [4.69, 9.17) is 5.73 Å². The van der Waals surface area contributed by atoms with E-state index in [1.165, 1.54) is 51.4 Å². The zero-order valence-corrected chi connectivity index (χ0v) is 11.7. The monoisotopic (exact) mass is 238 g/mol. The summed E-state index contributed by atoms with van der Waals surface area (Å²) in [5.41, 5.74) is 5.97. The maximum Gasteiger partial charge on any atom is 0.0136 e. The van der Waals surface area contributed by atoms with Crippen LogP contribution in [-0.4, -0.2) is 30.6 Å². The van der Waals surface area contributed by atoms with Gasteiger partial charge in [-0.2, -0.15) is 0 Å². The Morgan fingerprint density at radius 1 is 1.18 bits per heavy atom. The number of rotatable bonds is 6. The van der Waals surface area contributed by atoms with Crippen LogP contribution in [0.1, 0.15) is 58.3 Å². The summed E-state index contributed by atoms with van der Waals surface area (Å²) in [6.07, 6.45) is 11.2. The van der Waals surface area contributed by atoms with Crippen LogP contribution in [0.5, 0.6) is 0 Å². The van der Waals surface area contributed by atoms with Gasteiger partial charge in [-0.15, -0.1) is 0 Å². The predicted molar refractivity (Wildman–Crippen MR) is 74.0 cm³/mol. The molecular weight excluding hydrogens is 208 g/mol. The molecule has 2 aliphatic rings. The lowest BCUT2D eigenvalue weighted by Gasteiger charge is -2.42. The molecule has 3 unspecified atom stereocenters. The molecule has 0 amide bonds. The van der Waals surface area contributed by atoms with Gasteiger partial charge in [0, 0.05) is 12.1 Å². The molecule has 0 spiro atoms. The fourth-order valence-electron chi connectivity index (χ4n) is 3.79. The SMILES string of the molecule is CCCC(C1CC1)N(C)C1CCCCC1CN. The van der Waals surface area contributed by atoms with Crippen molar-refractivity contribution in [3.05, 3.63) is 0 Å². The van der Waals surface area contributed by atoms with Crippen LogP contribution in [0.25, 0.3) is 0 Å². The smallest absolute Gasteiger partial charge is 0.0136 e. The minimum Gasteiger partial charge on any atom is -0.330 e. The molecule has 100 valence electrons. The summed E-state index contributed by atoms with van der Waals surface area (Å²) in [6, 6.07) is 1.61. The Labute approximate surface area is 107 Å². The van der Waals surface area contributed by atoms with Crippen molar-refractivity contribution in [3.63, 3.8) is 0 Å². The molecule has 0 heterocycles. The first-order chi connectivity index (χ1) is 8.27. The summed E-state index contributed by atoms with van der Waals surface area (Å²) >= 11 is 0. The van der Waals surface area contributed by atoms with Crippen molar-refractivity contribution in [1.82, 2.24) is 4.90 Å². The van der Waals surface area contributed by atoms with Gasteiger partial charge >= 0.3 is 0 Å². The van der Waals surface area contributed by atoms with Crippen molar-refractivity contribution in [2.24, 2.45) is 17.6 Å². The van der Waals surface area contributed by atoms with Gasteiger partial charge in [0.05, 0.1) is 0 Å². The summed E-state index contributed by atoms with van der Waals surface area (Å²) in [5, 5.41) is 0. The van der Waals surface area contributed by atoms with E-state index in [1.807, 2.05) is 0 Å². The van der Waals surface area contributed by atoms with E-state index in [2.05, 4.69) is 18.9 Å². The van der Waals surface area contributed by atoms with E-state index in [9.17, 15) is 0 Å². The average molecular weight is 238 g/mol. The quantitative estimate of drug-likeness (QED) is 0.771. The highest BCUT2D eigenvalue weighted by molar-refractivity contribution is 4.92. The largest absolute Gasteiger partial charge is 0.330 e. The minimum absolute atomic E-state index is 0.756. The molecule has 2 rings (SSSR count). The second kappa shape index (κ2) is 6.19. The molecule has 0 saturated heterocycles. The maximum absolute atomic E-state index is 5.97. The molecule has 0 bridgehead atoms. The third-order valence-electron chi connectivity index (χ3n) is 4.97. The highest BCUT2D eigenvalue weighted by atomic mass is 15.2. The van der Waals surface area contributed by atoms with Crippen LogP contribution < -0.4 is 5.73 Å². The lowest BCUT2D eigenvalue weighted by Crippen LogP contribution is -2.48. The van der Waals surface area contributed by atoms with Gasteiger partial charge in [0.2, 0.25) is 0 Å². The van der Waals surface area contributed by atoms with Gasteiger partial charge in [0.1, 0.15) is 0 Å². The molecule has 2 aliphatic carbocycles. The van der Waals surface area contributed by atoms with Crippen molar-refractivity contribution < 1.29 is 0 Å². The predicted octanol–water partition coefficient (Wildman–Crippen LogP) is 3.01. The number of nitrogens with two attached hydrogens (primary N) is 1. The fraction of sp³-hybridized carbons (Fsp3) is 1.00. The lowest BCUT2D eigenvalue weighted by molar-refractivity contribution is 0.0771. The molecule has 2 heteroatoms. The van der Waals surface area contributed by atoms with E-state index in [1.54, 1.807) is 0 Å². The first-order valence-corrected chi connectivity index (χ1v) is 7.70. The third kappa shape index (κ3) is 3.23. The van der Waals surface area contributed by atoms with Crippen LogP contribution in [0.2, 0.25) is 0 Å². The Balaban J connectivity index is 1.96. The van der Waals surface area contributed by atoms with Gasteiger partial charge < -0.3 is 5.73 Å². The molecule has 0 aromatic carbocycles. The number of hydrogen-bond donors (Lipinski definition) is 1. The molecule has 2 nitrogen and oxygen atoms in total. The second-order valence-electron chi connectivity index (χ2n) is 6.21. The molecule has 0 aliphatic heterocycles. The lowest BCUT2D eigenvalue weighted by atomic mass is 9.82. The molecule has 2 N–H and O–H groups in total. The normalized spacial score (nSPS) is 31.8. The van der Waals surface area contributed by atoms with E-state index < -0.39 is 0 Å². The minimum atomic E-state index is 0.756. The van der Waals surface area contributed by atoms with Crippen LogP contribution in [0, 0.1) is 11.8 Å². The van der Waals surface area contributed by atoms with Gasteiger partial charge in [-0.1, -0.05) is 26.2 Å².